The third-order valence-electron chi connectivity index (χ3n) is 4.69. The van der Waals surface area contributed by atoms with E-state index in [-0.39, 0.29) is 18.3 Å². The van der Waals surface area contributed by atoms with Crippen LogP contribution in [0.2, 0.25) is 0 Å². The Bertz CT molecular complexity index is 1100. The number of aromatic nitrogens is 2. The maximum Gasteiger partial charge on any atom is 0.481 e. The quantitative estimate of drug-likeness (QED) is 0.0865. The number of aromatic amines is 1. The molecule has 0 amide bonds. The summed E-state index contributed by atoms with van der Waals surface area (Å²) in [4.78, 5) is 61.3. The van der Waals surface area contributed by atoms with Gasteiger partial charge in [0.25, 0.3) is 5.56 Å². The molecule has 0 aliphatic carbocycles. The molecule has 0 bridgehead atoms. The van der Waals surface area contributed by atoms with Gasteiger partial charge in [-0.3, -0.25) is 18.9 Å². The third-order valence-corrected chi connectivity index (χ3v) is 6.84. The molecule has 214 valence electrons. The predicted octanol–water partition coefficient (Wildman–Crippen LogP) is -4.66. The Labute approximate surface area is 207 Å². The molecule has 0 aromatic carbocycles. The number of nitrogens with zero attached hydrogens (tertiary/aromatic N) is 1. The summed E-state index contributed by atoms with van der Waals surface area (Å²) in [5.41, 5.74) is -1.12. The highest BCUT2D eigenvalue weighted by Crippen LogP contribution is 2.57. The van der Waals surface area contributed by atoms with Crippen molar-refractivity contribution in [2.24, 2.45) is 0 Å². The molecule has 8 atom stereocenters. The van der Waals surface area contributed by atoms with Gasteiger partial charge in [-0.2, -0.15) is 4.31 Å². The monoisotopic (exact) mass is 582 g/mol. The number of nitrogens with one attached hydrogen (secondary N) is 1. The fraction of sp³-hybridized carbons (Fsp3) is 0.688. The average molecular weight is 582 g/mol. The Kier molecular flexibility index (Phi) is 12.6. The van der Waals surface area contributed by atoms with Crippen molar-refractivity contribution in [3.63, 3.8) is 0 Å². The van der Waals surface area contributed by atoms with Crippen LogP contribution in [-0.4, -0.2) is 111 Å². The Morgan fingerprint density at radius 1 is 1.19 bits per heavy atom. The first-order valence-corrected chi connectivity index (χ1v) is 13.1. The number of hydrogen-bond acceptors (Lipinski definition) is 14. The largest absolute Gasteiger partial charge is 0.481 e. The lowest BCUT2D eigenvalue weighted by Gasteiger charge is -2.22. The first-order valence-electron chi connectivity index (χ1n) is 10.1. The zero-order valence-corrected chi connectivity index (χ0v) is 20.7. The minimum Gasteiger partial charge on any atom is -0.394 e. The summed E-state index contributed by atoms with van der Waals surface area (Å²) >= 11 is 0. The highest BCUT2D eigenvalue weighted by Gasteiger charge is 2.39. The van der Waals surface area contributed by atoms with Gasteiger partial charge in [0.15, 0.2) is 6.29 Å². The van der Waals surface area contributed by atoms with Gasteiger partial charge in [-0.25, -0.2) is 13.9 Å². The average Bonchev–Trinajstić information content (AvgIpc) is 3.17. The van der Waals surface area contributed by atoms with Crippen LogP contribution in [0, 0.1) is 6.92 Å². The van der Waals surface area contributed by atoms with Gasteiger partial charge in [0.2, 0.25) is 0 Å². The molecule has 0 saturated carbocycles. The SMILES string of the molecule is Cc1cn([C@H]2C[C@H](O)[C@@H](COP(=O)(O)OP(=O)(O)O)O2)c(=O)[nH]c1=O.O=CC(O)C(O)C(O)C(O)CO. The second kappa shape index (κ2) is 13.9. The van der Waals surface area contributed by atoms with E-state index in [1.54, 1.807) is 0 Å². The molecule has 1 aromatic heterocycles. The van der Waals surface area contributed by atoms with Crippen LogP contribution in [0.5, 0.6) is 0 Å². The molecule has 1 saturated heterocycles. The van der Waals surface area contributed by atoms with Crippen LogP contribution in [0.15, 0.2) is 15.8 Å². The van der Waals surface area contributed by atoms with Crippen molar-refractivity contribution in [1.82, 2.24) is 9.55 Å². The standard InChI is InChI=1S/C10H16N2O11P2.C6H12O6/c1-5-3-12(10(15)11-9(5)14)8-2-6(13)7(22-8)4-21-25(19,20)23-24(16,17)18;7-1-3(9)5(11)6(12)4(10)2-8/h3,6-8,13H,2,4H2,1H3,(H,19,20)(H,11,14,15)(H2,16,17,18);1,3-6,8-12H,2H2/t6-,7+,8+;/m0./s1. The second-order valence-electron chi connectivity index (χ2n) is 7.61. The van der Waals surface area contributed by atoms with Crippen molar-refractivity contribution >= 4 is 21.9 Å². The molecule has 19 nitrogen and oxygen atoms in total. The van der Waals surface area contributed by atoms with Gasteiger partial charge in [-0.15, -0.1) is 0 Å². The smallest absolute Gasteiger partial charge is 0.394 e. The lowest BCUT2D eigenvalue weighted by molar-refractivity contribution is -0.136. The van der Waals surface area contributed by atoms with Crippen molar-refractivity contribution in [2.45, 2.75) is 56.2 Å². The Morgan fingerprint density at radius 3 is 2.30 bits per heavy atom. The van der Waals surface area contributed by atoms with Gasteiger partial charge in [-0.05, 0) is 6.92 Å². The normalized spacial score (nSPS) is 24.8. The van der Waals surface area contributed by atoms with Crippen LogP contribution in [0.4, 0.5) is 0 Å². The van der Waals surface area contributed by atoms with E-state index in [1.807, 2.05) is 0 Å². The lowest BCUT2D eigenvalue weighted by Crippen LogP contribution is -2.46. The molecule has 1 aromatic rings. The van der Waals surface area contributed by atoms with Crippen LogP contribution in [0.1, 0.15) is 18.2 Å². The van der Waals surface area contributed by atoms with E-state index in [0.29, 0.717) is 0 Å². The van der Waals surface area contributed by atoms with Gasteiger partial charge in [0.1, 0.15) is 36.7 Å². The van der Waals surface area contributed by atoms with Gasteiger partial charge in [0.05, 0.1) is 19.3 Å². The number of aldehydes is 1. The lowest BCUT2D eigenvalue weighted by atomic mass is 10.0. The molecule has 0 spiro atoms. The van der Waals surface area contributed by atoms with Crippen LogP contribution in [-0.2, 0) is 27.5 Å². The summed E-state index contributed by atoms with van der Waals surface area (Å²) in [6.45, 7) is -0.0332. The molecule has 1 fully saturated rings. The maximum atomic E-state index is 11.8. The number of phosphoric ester groups is 1. The number of aryl methyl sites for hydroxylation is 1. The molecule has 2 rings (SSSR count). The number of rotatable bonds is 11. The number of aliphatic hydroxyl groups is 6. The van der Waals surface area contributed by atoms with Gasteiger partial charge < -0.3 is 54.9 Å². The van der Waals surface area contributed by atoms with Crippen molar-refractivity contribution in [3.8, 4) is 0 Å². The molecule has 1 aliphatic heterocycles. The zero-order chi connectivity index (χ0) is 28.7. The number of phosphoric acid groups is 2. The first kappa shape index (κ1) is 33.4. The fourth-order valence-electron chi connectivity index (χ4n) is 2.78. The number of ether oxygens (including phenoxy) is 1. The summed E-state index contributed by atoms with van der Waals surface area (Å²) in [6.07, 6.45) is -9.06. The minimum absolute atomic E-state index is 0.0258. The highest BCUT2D eigenvalue weighted by molar-refractivity contribution is 7.60. The van der Waals surface area contributed by atoms with Crippen LogP contribution in [0.25, 0.3) is 0 Å². The number of aliphatic hydroxyl groups excluding tert-OH is 6. The van der Waals surface area contributed by atoms with E-state index < -0.39 is 83.0 Å². The zero-order valence-electron chi connectivity index (χ0n) is 19.0. The van der Waals surface area contributed by atoms with Crippen LogP contribution in [0.3, 0.4) is 0 Å². The van der Waals surface area contributed by atoms with E-state index in [9.17, 15) is 33.5 Å². The molecular weight excluding hydrogens is 554 g/mol. The van der Waals surface area contributed by atoms with E-state index >= 15 is 0 Å². The van der Waals surface area contributed by atoms with E-state index in [2.05, 4.69) is 13.8 Å². The van der Waals surface area contributed by atoms with Gasteiger partial charge in [-0.1, -0.05) is 0 Å². The molecule has 5 unspecified atom stereocenters. The van der Waals surface area contributed by atoms with Gasteiger partial charge >= 0.3 is 21.3 Å². The topological polar surface area (TPSA) is 316 Å². The Balaban J connectivity index is 0.000000482. The Hall–Kier alpha value is -1.67. The number of hydrogen-bond donors (Lipinski definition) is 10. The number of H-pyrrole nitrogens is 1. The third kappa shape index (κ3) is 10.5. The molecular formula is C16H28N2O17P2. The number of carbonyl (C=O) groups excluding carboxylic acids is 1. The molecule has 0 radical (unpaired) electrons. The summed E-state index contributed by atoms with van der Waals surface area (Å²) in [5.74, 6) is 0. The highest BCUT2D eigenvalue weighted by atomic mass is 31.3. The fourth-order valence-corrected chi connectivity index (χ4v) is 4.38. The first-order chi connectivity index (χ1) is 16.9. The second-order valence-corrected chi connectivity index (χ2v) is 10.4. The molecule has 21 heteroatoms. The van der Waals surface area contributed by atoms with Crippen LogP contribution < -0.4 is 11.2 Å². The van der Waals surface area contributed by atoms with Crippen molar-refractivity contribution in [3.05, 3.63) is 32.6 Å². The van der Waals surface area contributed by atoms with Crippen molar-refractivity contribution in [1.29, 1.82) is 0 Å². The Morgan fingerprint density at radius 2 is 1.78 bits per heavy atom. The van der Waals surface area contributed by atoms with E-state index in [0.717, 1.165) is 4.57 Å². The summed E-state index contributed by atoms with van der Waals surface area (Å²) in [5, 5.41) is 53.4. The molecule has 1 aliphatic rings. The van der Waals surface area contributed by atoms with E-state index in [1.165, 1.54) is 13.1 Å². The van der Waals surface area contributed by atoms with Crippen LogP contribution >= 0.6 is 15.6 Å². The summed E-state index contributed by atoms with van der Waals surface area (Å²) in [6, 6.07) is 0. The minimum atomic E-state index is -5.26. The number of carbonyl (C=O) groups is 1. The van der Waals surface area contributed by atoms with Crippen molar-refractivity contribution < 1.29 is 72.8 Å². The van der Waals surface area contributed by atoms with Gasteiger partial charge in [0, 0.05) is 18.2 Å². The molecule has 2 heterocycles. The van der Waals surface area contributed by atoms with Crippen molar-refractivity contribution in [2.75, 3.05) is 13.2 Å². The molecule has 10 N–H and O–H groups in total. The summed E-state index contributed by atoms with van der Waals surface area (Å²) < 4.78 is 36.3. The van der Waals surface area contributed by atoms with E-state index in [4.69, 9.17) is 40.1 Å². The molecule has 37 heavy (non-hydrogen) atoms. The summed E-state index contributed by atoms with van der Waals surface area (Å²) in [7, 11) is -10.3. The maximum absolute atomic E-state index is 11.8. The predicted molar refractivity (Wildman–Crippen MR) is 117 cm³/mol.